The lowest BCUT2D eigenvalue weighted by atomic mass is 10.1. The fourth-order valence-electron chi connectivity index (χ4n) is 1.65. The minimum Gasteiger partial charge on any atom is -0.326 e. The SMILES string of the molecule is Cc1nccc(-c2nc(C(C)C)c(CN)s2)n1. The van der Waals surface area contributed by atoms with Crippen LogP contribution in [0.1, 0.15) is 36.2 Å². The second kappa shape index (κ2) is 4.89. The van der Waals surface area contributed by atoms with Gasteiger partial charge in [0.05, 0.1) is 5.69 Å². The van der Waals surface area contributed by atoms with Gasteiger partial charge in [0.15, 0.2) is 0 Å². The summed E-state index contributed by atoms with van der Waals surface area (Å²) in [6.07, 6.45) is 1.76. The van der Waals surface area contributed by atoms with Crippen molar-refractivity contribution in [3.05, 3.63) is 28.7 Å². The van der Waals surface area contributed by atoms with E-state index in [4.69, 9.17) is 5.73 Å². The third-order valence-corrected chi connectivity index (χ3v) is 3.57. The maximum absolute atomic E-state index is 5.75. The third kappa shape index (κ3) is 2.50. The fraction of sp³-hybridized carbons (Fsp3) is 0.417. The topological polar surface area (TPSA) is 64.7 Å². The fourth-order valence-corrected chi connectivity index (χ4v) is 2.71. The van der Waals surface area contributed by atoms with Crippen LogP contribution >= 0.6 is 11.3 Å². The van der Waals surface area contributed by atoms with Gasteiger partial charge in [-0.1, -0.05) is 13.8 Å². The lowest BCUT2D eigenvalue weighted by molar-refractivity contribution is 0.813. The molecule has 0 aliphatic heterocycles. The van der Waals surface area contributed by atoms with Crippen LogP contribution in [-0.2, 0) is 6.54 Å². The molecule has 0 amide bonds. The van der Waals surface area contributed by atoms with Crippen LogP contribution in [-0.4, -0.2) is 15.0 Å². The van der Waals surface area contributed by atoms with Crippen molar-refractivity contribution < 1.29 is 0 Å². The van der Waals surface area contributed by atoms with Gasteiger partial charge in [-0.15, -0.1) is 11.3 Å². The summed E-state index contributed by atoms with van der Waals surface area (Å²) in [6.45, 7) is 6.67. The maximum Gasteiger partial charge on any atom is 0.142 e. The van der Waals surface area contributed by atoms with Gasteiger partial charge in [-0.3, -0.25) is 0 Å². The molecule has 0 aromatic carbocycles. The number of hydrogen-bond acceptors (Lipinski definition) is 5. The van der Waals surface area contributed by atoms with E-state index in [1.807, 2.05) is 13.0 Å². The molecule has 0 saturated heterocycles. The monoisotopic (exact) mass is 248 g/mol. The number of nitrogens with two attached hydrogens (primary N) is 1. The van der Waals surface area contributed by atoms with Crippen molar-refractivity contribution in [2.75, 3.05) is 0 Å². The minimum atomic E-state index is 0.390. The van der Waals surface area contributed by atoms with Crippen molar-refractivity contribution in [1.29, 1.82) is 0 Å². The lowest BCUT2D eigenvalue weighted by Gasteiger charge is -2.01. The van der Waals surface area contributed by atoms with Gasteiger partial charge in [0.1, 0.15) is 16.5 Å². The summed E-state index contributed by atoms with van der Waals surface area (Å²) in [5.41, 5.74) is 7.71. The average molecular weight is 248 g/mol. The molecule has 0 fully saturated rings. The molecule has 17 heavy (non-hydrogen) atoms. The first kappa shape index (κ1) is 12.1. The Labute approximate surface area is 105 Å². The van der Waals surface area contributed by atoms with E-state index in [0.29, 0.717) is 12.5 Å². The summed E-state index contributed by atoms with van der Waals surface area (Å²) in [6, 6.07) is 1.89. The molecule has 2 rings (SSSR count). The van der Waals surface area contributed by atoms with E-state index in [0.717, 1.165) is 27.1 Å². The second-order valence-corrected chi connectivity index (χ2v) is 5.26. The van der Waals surface area contributed by atoms with Crippen LogP contribution in [0.25, 0.3) is 10.7 Å². The first-order valence-corrected chi connectivity index (χ1v) is 6.43. The Morgan fingerprint density at radius 3 is 2.65 bits per heavy atom. The summed E-state index contributed by atoms with van der Waals surface area (Å²) >= 11 is 1.62. The third-order valence-electron chi connectivity index (χ3n) is 2.45. The Morgan fingerprint density at radius 2 is 2.12 bits per heavy atom. The molecular weight excluding hydrogens is 232 g/mol. The van der Waals surface area contributed by atoms with E-state index in [1.54, 1.807) is 17.5 Å². The summed E-state index contributed by atoms with van der Waals surface area (Å²) in [5.74, 6) is 1.15. The number of hydrogen-bond donors (Lipinski definition) is 1. The van der Waals surface area contributed by atoms with Gasteiger partial charge in [-0.2, -0.15) is 0 Å². The molecule has 2 aromatic rings. The molecule has 2 N–H and O–H groups in total. The van der Waals surface area contributed by atoms with E-state index in [1.165, 1.54) is 0 Å². The molecule has 0 atom stereocenters. The Hall–Kier alpha value is -1.33. The quantitative estimate of drug-likeness (QED) is 0.906. The Kier molecular flexibility index (Phi) is 3.49. The van der Waals surface area contributed by atoms with E-state index < -0.39 is 0 Å². The van der Waals surface area contributed by atoms with Crippen molar-refractivity contribution in [2.45, 2.75) is 33.2 Å². The van der Waals surface area contributed by atoms with Crippen LogP contribution in [0.15, 0.2) is 12.3 Å². The zero-order valence-corrected chi connectivity index (χ0v) is 11.1. The number of nitrogens with zero attached hydrogens (tertiary/aromatic N) is 3. The van der Waals surface area contributed by atoms with Crippen LogP contribution in [0.3, 0.4) is 0 Å². The first-order valence-electron chi connectivity index (χ1n) is 5.61. The predicted octanol–water partition coefficient (Wildman–Crippen LogP) is 2.49. The van der Waals surface area contributed by atoms with Gasteiger partial charge in [-0.05, 0) is 18.9 Å². The predicted molar refractivity (Wildman–Crippen MR) is 69.9 cm³/mol. The van der Waals surface area contributed by atoms with Crippen LogP contribution in [0.5, 0.6) is 0 Å². The molecule has 0 radical (unpaired) electrons. The number of aryl methyl sites for hydroxylation is 1. The zero-order chi connectivity index (χ0) is 12.4. The zero-order valence-electron chi connectivity index (χ0n) is 10.3. The van der Waals surface area contributed by atoms with Gasteiger partial charge in [0, 0.05) is 17.6 Å². The molecule has 90 valence electrons. The largest absolute Gasteiger partial charge is 0.326 e. The molecule has 2 heterocycles. The Bertz CT molecular complexity index is 519. The highest BCUT2D eigenvalue weighted by Crippen LogP contribution is 2.30. The number of rotatable bonds is 3. The Morgan fingerprint density at radius 1 is 1.35 bits per heavy atom. The van der Waals surface area contributed by atoms with Gasteiger partial charge in [0.25, 0.3) is 0 Å². The molecule has 0 spiro atoms. The van der Waals surface area contributed by atoms with Crippen molar-refractivity contribution in [1.82, 2.24) is 15.0 Å². The number of aromatic nitrogens is 3. The molecule has 5 heteroatoms. The van der Waals surface area contributed by atoms with E-state index in [2.05, 4.69) is 28.8 Å². The highest BCUT2D eigenvalue weighted by molar-refractivity contribution is 7.15. The van der Waals surface area contributed by atoms with Crippen LogP contribution < -0.4 is 5.73 Å². The van der Waals surface area contributed by atoms with Gasteiger partial charge < -0.3 is 5.73 Å². The minimum absolute atomic E-state index is 0.390. The molecule has 0 aliphatic carbocycles. The molecule has 2 aromatic heterocycles. The molecule has 4 nitrogen and oxygen atoms in total. The van der Waals surface area contributed by atoms with Crippen LogP contribution in [0.2, 0.25) is 0 Å². The molecule has 0 bridgehead atoms. The molecule has 0 unspecified atom stereocenters. The van der Waals surface area contributed by atoms with E-state index in [9.17, 15) is 0 Å². The molecule has 0 aliphatic rings. The Balaban J connectivity index is 2.46. The smallest absolute Gasteiger partial charge is 0.142 e. The summed E-state index contributed by atoms with van der Waals surface area (Å²) in [7, 11) is 0. The average Bonchev–Trinajstić information content (AvgIpc) is 2.73. The molecular formula is C12H16N4S. The van der Waals surface area contributed by atoms with E-state index >= 15 is 0 Å². The standard InChI is InChI=1S/C12H16N4S/c1-7(2)11-10(6-13)17-12(16-11)9-4-5-14-8(3)15-9/h4-5,7H,6,13H2,1-3H3. The van der Waals surface area contributed by atoms with Gasteiger partial charge in [-0.25, -0.2) is 15.0 Å². The second-order valence-electron chi connectivity index (χ2n) is 4.18. The van der Waals surface area contributed by atoms with Crippen molar-refractivity contribution >= 4 is 11.3 Å². The van der Waals surface area contributed by atoms with Gasteiger partial charge >= 0.3 is 0 Å². The normalized spacial score (nSPS) is 11.1. The highest BCUT2D eigenvalue weighted by Gasteiger charge is 2.14. The highest BCUT2D eigenvalue weighted by atomic mass is 32.1. The van der Waals surface area contributed by atoms with Crippen molar-refractivity contribution in [3.63, 3.8) is 0 Å². The summed E-state index contributed by atoms with van der Waals surface area (Å²) in [5, 5.41) is 0.930. The lowest BCUT2D eigenvalue weighted by Crippen LogP contribution is -1.99. The molecule has 0 saturated carbocycles. The number of thiazole rings is 1. The van der Waals surface area contributed by atoms with Crippen molar-refractivity contribution in [2.24, 2.45) is 5.73 Å². The summed E-state index contributed by atoms with van der Waals surface area (Å²) < 4.78 is 0. The summed E-state index contributed by atoms with van der Waals surface area (Å²) in [4.78, 5) is 14.3. The van der Waals surface area contributed by atoms with E-state index in [-0.39, 0.29) is 0 Å². The van der Waals surface area contributed by atoms with Crippen LogP contribution in [0, 0.1) is 6.92 Å². The van der Waals surface area contributed by atoms with Gasteiger partial charge in [0.2, 0.25) is 0 Å². The van der Waals surface area contributed by atoms with Crippen LogP contribution in [0.4, 0.5) is 0 Å². The van der Waals surface area contributed by atoms with Crippen molar-refractivity contribution in [3.8, 4) is 10.7 Å². The maximum atomic E-state index is 5.75. The first-order chi connectivity index (χ1) is 8.11.